The van der Waals surface area contributed by atoms with Crippen LogP contribution in [0.25, 0.3) is 0 Å². The van der Waals surface area contributed by atoms with Gasteiger partial charge in [-0.25, -0.2) is 8.42 Å². The van der Waals surface area contributed by atoms with Crippen molar-refractivity contribution in [2.24, 2.45) is 0 Å². The summed E-state index contributed by atoms with van der Waals surface area (Å²) < 4.78 is 67.8. The van der Waals surface area contributed by atoms with E-state index in [1.54, 1.807) is 44.2 Å². The number of carbonyl (C=O) groups is 1. The van der Waals surface area contributed by atoms with Gasteiger partial charge in [-0.15, -0.1) is 0 Å². The van der Waals surface area contributed by atoms with Gasteiger partial charge in [0.15, 0.2) is 0 Å². The first-order chi connectivity index (χ1) is 15.8. The van der Waals surface area contributed by atoms with Crippen LogP contribution in [-0.4, -0.2) is 20.9 Å². The van der Waals surface area contributed by atoms with Crippen LogP contribution in [0.15, 0.2) is 65.6 Å². The molecule has 0 fully saturated rings. The van der Waals surface area contributed by atoms with Crippen molar-refractivity contribution in [2.75, 3.05) is 16.2 Å². The van der Waals surface area contributed by atoms with Crippen LogP contribution in [0.1, 0.15) is 16.7 Å². The minimum atomic E-state index is -4.83. The zero-order valence-corrected chi connectivity index (χ0v) is 20.3. The molecule has 0 saturated carbocycles. The van der Waals surface area contributed by atoms with Crippen LogP contribution in [0.5, 0.6) is 0 Å². The summed E-state index contributed by atoms with van der Waals surface area (Å²) in [5.74, 6) is -0.774. The first-order valence-electron chi connectivity index (χ1n) is 9.82. The lowest BCUT2D eigenvalue weighted by molar-refractivity contribution is -0.137. The number of amides is 1. The predicted octanol–water partition coefficient (Wildman–Crippen LogP) is 6.46. The van der Waals surface area contributed by atoms with Crippen molar-refractivity contribution >= 4 is 50.5 Å². The molecule has 3 aromatic carbocycles. The average Bonchev–Trinajstić information content (AvgIpc) is 2.75. The van der Waals surface area contributed by atoms with Gasteiger partial charge in [-0.1, -0.05) is 47.0 Å². The van der Waals surface area contributed by atoms with E-state index in [9.17, 15) is 26.4 Å². The molecule has 0 saturated heterocycles. The van der Waals surface area contributed by atoms with Crippen LogP contribution in [0.3, 0.4) is 0 Å². The van der Waals surface area contributed by atoms with Gasteiger partial charge in [0, 0.05) is 10.7 Å². The van der Waals surface area contributed by atoms with E-state index in [1.165, 1.54) is 12.1 Å². The largest absolute Gasteiger partial charge is 0.417 e. The maximum Gasteiger partial charge on any atom is 0.417 e. The molecule has 3 rings (SSSR count). The summed E-state index contributed by atoms with van der Waals surface area (Å²) in [6.45, 7) is 2.62. The van der Waals surface area contributed by atoms with Gasteiger partial charge in [-0.2, -0.15) is 13.2 Å². The molecule has 0 aliphatic heterocycles. The van der Waals surface area contributed by atoms with Gasteiger partial charge in [0.1, 0.15) is 6.54 Å². The second-order valence-electron chi connectivity index (χ2n) is 7.45. The molecule has 5 nitrogen and oxygen atoms in total. The lowest BCUT2D eigenvalue weighted by atomic mass is 10.2. The molecule has 11 heteroatoms. The van der Waals surface area contributed by atoms with E-state index in [4.69, 9.17) is 23.2 Å². The number of aryl methyl sites for hydroxylation is 1. The molecule has 0 spiro atoms. The lowest BCUT2D eigenvalue weighted by Gasteiger charge is -2.25. The fourth-order valence-corrected chi connectivity index (χ4v) is 4.91. The molecule has 0 aliphatic carbocycles. The standard InChI is InChI=1S/C23H19Cl2F3N2O3S/c1-14-6-9-17(10-7-14)34(32,33)30(16-8-11-20(25)18(12-16)23(26,27)28)13-22(31)29-21-5-3-4-19(24)15(21)2/h3-12H,13H2,1-2H3,(H,29,31). The van der Waals surface area contributed by atoms with Crippen LogP contribution in [0, 0.1) is 13.8 Å². The molecule has 34 heavy (non-hydrogen) atoms. The summed E-state index contributed by atoms with van der Waals surface area (Å²) in [6, 6.07) is 13.2. The number of benzene rings is 3. The number of carbonyl (C=O) groups excluding carboxylic acids is 1. The van der Waals surface area contributed by atoms with Crippen molar-refractivity contribution in [3.05, 3.63) is 87.4 Å². The van der Waals surface area contributed by atoms with Crippen molar-refractivity contribution in [1.29, 1.82) is 0 Å². The van der Waals surface area contributed by atoms with Gasteiger partial charge in [-0.05, 0) is 61.9 Å². The molecule has 0 aromatic heterocycles. The Kier molecular flexibility index (Phi) is 7.50. The zero-order chi connectivity index (χ0) is 25.3. The molecular formula is C23H19Cl2F3N2O3S. The van der Waals surface area contributed by atoms with E-state index in [-0.39, 0.29) is 10.6 Å². The number of halogens is 5. The van der Waals surface area contributed by atoms with Gasteiger partial charge in [0.25, 0.3) is 10.0 Å². The third kappa shape index (κ3) is 5.65. The number of hydrogen-bond donors (Lipinski definition) is 1. The third-order valence-corrected chi connectivity index (χ3v) is 7.51. The van der Waals surface area contributed by atoms with Crippen LogP contribution in [0.2, 0.25) is 10.0 Å². The SMILES string of the molecule is Cc1ccc(S(=O)(=O)N(CC(=O)Nc2cccc(Cl)c2C)c2ccc(Cl)c(C(F)(F)F)c2)cc1. The normalized spacial score (nSPS) is 11.9. The molecule has 3 aromatic rings. The highest BCUT2D eigenvalue weighted by Gasteiger charge is 2.35. The summed E-state index contributed by atoms with van der Waals surface area (Å²) in [6.07, 6.45) is -4.83. The summed E-state index contributed by atoms with van der Waals surface area (Å²) in [7, 11) is -4.42. The summed E-state index contributed by atoms with van der Waals surface area (Å²) >= 11 is 11.8. The van der Waals surface area contributed by atoms with E-state index in [1.807, 2.05) is 0 Å². The van der Waals surface area contributed by atoms with E-state index in [2.05, 4.69) is 5.32 Å². The molecule has 1 amide bonds. The quantitative estimate of drug-likeness (QED) is 0.397. The number of nitrogens with one attached hydrogen (secondary N) is 1. The van der Waals surface area contributed by atoms with Crippen molar-refractivity contribution in [1.82, 2.24) is 0 Å². The highest BCUT2D eigenvalue weighted by atomic mass is 35.5. The lowest BCUT2D eigenvalue weighted by Crippen LogP contribution is -2.38. The number of alkyl halides is 3. The Morgan fingerprint density at radius 3 is 2.24 bits per heavy atom. The first-order valence-corrected chi connectivity index (χ1v) is 12.0. The Hall–Kier alpha value is -2.75. The monoisotopic (exact) mass is 530 g/mol. The minimum absolute atomic E-state index is 0.187. The Morgan fingerprint density at radius 1 is 0.971 bits per heavy atom. The number of anilines is 2. The number of nitrogens with zero attached hydrogens (tertiary/aromatic N) is 1. The Morgan fingerprint density at radius 2 is 1.62 bits per heavy atom. The second kappa shape index (κ2) is 9.85. The molecule has 0 unspecified atom stereocenters. The second-order valence-corrected chi connectivity index (χ2v) is 10.1. The van der Waals surface area contributed by atoms with Crippen LogP contribution in [0.4, 0.5) is 24.5 Å². The molecule has 0 heterocycles. The van der Waals surface area contributed by atoms with Crippen LogP contribution >= 0.6 is 23.2 Å². The minimum Gasteiger partial charge on any atom is -0.324 e. The summed E-state index contributed by atoms with van der Waals surface area (Å²) in [5, 5.41) is 2.35. The van der Waals surface area contributed by atoms with Crippen molar-refractivity contribution < 1.29 is 26.4 Å². The van der Waals surface area contributed by atoms with E-state index < -0.39 is 39.2 Å². The van der Waals surface area contributed by atoms with Crippen LogP contribution in [-0.2, 0) is 21.0 Å². The molecule has 180 valence electrons. The van der Waals surface area contributed by atoms with Crippen molar-refractivity contribution in [3.8, 4) is 0 Å². The average molecular weight is 531 g/mol. The summed E-state index contributed by atoms with van der Waals surface area (Å²) in [4.78, 5) is 12.6. The molecule has 0 atom stereocenters. The topological polar surface area (TPSA) is 66.5 Å². The maximum absolute atomic E-state index is 13.4. The van der Waals surface area contributed by atoms with Crippen molar-refractivity contribution in [2.45, 2.75) is 24.9 Å². The molecule has 0 bridgehead atoms. The maximum atomic E-state index is 13.4. The molecule has 1 N–H and O–H groups in total. The predicted molar refractivity (Wildman–Crippen MR) is 127 cm³/mol. The van der Waals surface area contributed by atoms with E-state index in [0.717, 1.165) is 17.7 Å². The van der Waals surface area contributed by atoms with Gasteiger partial charge >= 0.3 is 6.18 Å². The smallest absolute Gasteiger partial charge is 0.324 e. The van der Waals surface area contributed by atoms with E-state index in [0.29, 0.717) is 26.6 Å². The molecule has 0 radical (unpaired) electrons. The Labute approximate surface area is 205 Å². The fraction of sp³-hybridized carbons (Fsp3) is 0.174. The number of hydrogen-bond acceptors (Lipinski definition) is 3. The van der Waals surface area contributed by atoms with Gasteiger partial charge in [0.05, 0.1) is 21.2 Å². The third-order valence-electron chi connectivity index (χ3n) is 4.98. The Balaban J connectivity index is 2.06. The highest BCUT2D eigenvalue weighted by molar-refractivity contribution is 7.92. The van der Waals surface area contributed by atoms with Gasteiger partial charge in [-0.3, -0.25) is 9.10 Å². The fourth-order valence-electron chi connectivity index (χ4n) is 3.10. The Bertz CT molecular complexity index is 1330. The summed E-state index contributed by atoms with van der Waals surface area (Å²) in [5.41, 5.74) is 0.0937. The van der Waals surface area contributed by atoms with E-state index >= 15 is 0 Å². The number of sulfonamides is 1. The highest BCUT2D eigenvalue weighted by Crippen LogP contribution is 2.38. The van der Waals surface area contributed by atoms with Gasteiger partial charge in [0.2, 0.25) is 5.91 Å². The first kappa shape index (κ1) is 25.9. The molecular weight excluding hydrogens is 512 g/mol. The molecule has 0 aliphatic rings. The number of rotatable bonds is 6. The van der Waals surface area contributed by atoms with Crippen LogP contribution < -0.4 is 9.62 Å². The van der Waals surface area contributed by atoms with Gasteiger partial charge < -0.3 is 5.32 Å². The zero-order valence-electron chi connectivity index (χ0n) is 18.0. The van der Waals surface area contributed by atoms with Crippen molar-refractivity contribution in [3.63, 3.8) is 0 Å².